The number of carbonyl (C=O) groups excluding carboxylic acids is 1. The van der Waals surface area contributed by atoms with Gasteiger partial charge < -0.3 is 4.90 Å². The molecule has 2 aliphatic rings. The second kappa shape index (κ2) is 5.47. The van der Waals surface area contributed by atoms with E-state index >= 15 is 0 Å². The maximum Gasteiger partial charge on any atom is 0.276 e. The van der Waals surface area contributed by atoms with Crippen LogP contribution in [0.4, 0.5) is 0 Å². The van der Waals surface area contributed by atoms with Gasteiger partial charge in [-0.05, 0) is 25.0 Å². The fraction of sp³-hybridized carbons (Fsp3) is 0.278. The molecule has 1 fully saturated rings. The molecular weight excluding hydrogens is 316 g/mol. The molecule has 0 aliphatic carbocycles. The number of amides is 1. The van der Waals surface area contributed by atoms with Crippen molar-refractivity contribution in [2.75, 3.05) is 0 Å². The summed E-state index contributed by atoms with van der Waals surface area (Å²) in [6.45, 7) is 0. The third-order valence-corrected chi connectivity index (χ3v) is 5.05. The highest BCUT2D eigenvalue weighted by atomic mass is 16.2. The van der Waals surface area contributed by atoms with Crippen molar-refractivity contribution >= 4 is 5.91 Å². The van der Waals surface area contributed by atoms with Gasteiger partial charge in [0.2, 0.25) is 0 Å². The minimum absolute atomic E-state index is 0.0457. The number of fused-ring (bicyclic) bond motifs is 4. The van der Waals surface area contributed by atoms with E-state index < -0.39 is 0 Å². The lowest BCUT2D eigenvalue weighted by Gasteiger charge is -2.34. The molecule has 0 saturated carbocycles. The van der Waals surface area contributed by atoms with Gasteiger partial charge in [-0.1, -0.05) is 18.2 Å². The molecule has 1 saturated heterocycles. The van der Waals surface area contributed by atoms with E-state index in [1.54, 1.807) is 12.5 Å². The topological polar surface area (TPSA) is 76.8 Å². The molecule has 1 aromatic carbocycles. The zero-order valence-corrected chi connectivity index (χ0v) is 13.5. The van der Waals surface area contributed by atoms with Gasteiger partial charge in [0.15, 0.2) is 5.69 Å². The Bertz CT molecular complexity index is 938. The Morgan fingerprint density at radius 3 is 2.88 bits per heavy atom. The SMILES string of the molecule is O=C(c1cnn(-c2ccccc2)n1)N1C2CCC1c1cncnc1C2. The molecule has 3 aromatic rings. The zero-order valence-electron chi connectivity index (χ0n) is 13.5. The van der Waals surface area contributed by atoms with Crippen LogP contribution in [0.15, 0.2) is 49.1 Å². The average Bonchev–Trinajstić information content (AvgIpc) is 3.27. The molecule has 0 spiro atoms. The number of hydrogen-bond donors (Lipinski definition) is 0. The molecule has 2 aliphatic heterocycles. The van der Waals surface area contributed by atoms with Crippen LogP contribution in [0.25, 0.3) is 5.69 Å². The summed E-state index contributed by atoms with van der Waals surface area (Å²) in [4.78, 5) is 25.1. The van der Waals surface area contributed by atoms with E-state index in [4.69, 9.17) is 0 Å². The normalized spacial score (nSPS) is 21.2. The van der Waals surface area contributed by atoms with E-state index in [-0.39, 0.29) is 18.0 Å². The van der Waals surface area contributed by atoms with Gasteiger partial charge in [-0.2, -0.15) is 9.90 Å². The molecule has 5 rings (SSSR count). The summed E-state index contributed by atoms with van der Waals surface area (Å²) in [5.74, 6) is -0.0656. The van der Waals surface area contributed by atoms with Crippen molar-refractivity contribution < 1.29 is 4.79 Å². The Kier molecular flexibility index (Phi) is 3.12. The summed E-state index contributed by atoms with van der Waals surface area (Å²) >= 11 is 0. The monoisotopic (exact) mass is 332 g/mol. The van der Waals surface area contributed by atoms with Crippen LogP contribution in [0.1, 0.15) is 40.6 Å². The van der Waals surface area contributed by atoms with E-state index in [9.17, 15) is 4.79 Å². The minimum atomic E-state index is -0.0656. The Labute approximate surface area is 144 Å². The number of aromatic nitrogens is 5. The largest absolute Gasteiger partial charge is 0.327 e. The Balaban J connectivity index is 1.47. The van der Waals surface area contributed by atoms with Crippen LogP contribution in [0.3, 0.4) is 0 Å². The van der Waals surface area contributed by atoms with Crippen molar-refractivity contribution in [2.45, 2.75) is 31.3 Å². The van der Waals surface area contributed by atoms with E-state index in [0.29, 0.717) is 5.69 Å². The number of para-hydroxylation sites is 1. The van der Waals surface area contributed by atoms with Crippen LogP contribution < -0.4 is 0 Å². The molecule has 124 valence electrons. The zero-order chi connectivity index (χ0) is 16.8. The van der Waals surface area contributed by atoms with Crippen molar-refractivity contribution in [2.24, 2.45) is 0 Å². The molecular formula is C18H16N6O. The molecule has 0 N–H and O–H groups in total. The summed E-state index contributed by atoms with van der Waals surface area (Å²) < 4.78 is 0. The summed E-state index contributed by atoms with van der Waals surface area (Å²) in [5.41, 5.74) is 3.35. The first-order chi connectivity index (χ1) is 12.3. The molecule has 0 radical (unpaired) electrons. The summed E-state index contributed by atoms with van der Waals surface area (Å²) in [7, 11) is 0. The molecule has 25 heavy (non-hydrogen) atoms. The van der Waals surface area contributed by atoms with Crippen LogP contribution in [0.5, 0.6) is 0 Å². The summed E-state index contributed by atoms with van der Waals surface area (Å²) in [6.07, 6.45) is 7.69. The van der Waals surface area contributed by atoms with Gasteiger partial charge >= 0.3 is 0 Å². The number of rotatable bonds is 2. The second-order valence-corrected chi connectivity index (χ2v) is 6.44. The molecule has 2 bridgehead atoms. The number of carbonyl (C=O) groups is 1. The fourth-order valence-electron chi connectivity index (χ4n) is 3.91. The Morgan fingerprint density at radius 2 is 2.00 bits per heavy atom. The van der Waals surface area contributed by atoms with Gasteiger partial charge in [0.1, 0.15) is 6.33 Å². The highest BCUT2D eigenvalue weighted by Gasteiger charge is 2.44. The molecule has 7 heteroatoms. The van der Waals surface area contributed by atoms with Crippen molar-refractivity contribution in [3.63, 3.8) is 0 Å². The molecule has 1 amide bonds. The van der Waals surface area contributed by atoms with Crippen LogP contribution in [-0.2, 0) is 6.42 Å². The van der Waals surface area contributed by atoms with Crippen LogP contribution in [0.2, 0.25) is 0 Å². The first kappa shape index (κ1) is 14.3. The number of hydrogen-bond acceptors (Lipinski definition) is 5. The third-order valence-electron chi connectivity index (χ3n) is 5.05. The molecule has 7 nitrogen and oxygen atoms in total. The van der Waals surface area contributed by atoms with Crippen LogP contribution in [0, 0.1) is 0 Å². The first-order valence-electron chi connectivity index (χ1n) is 8.40. The van der Waals surface area contributed by atoms with Crippen LogP contribution in [-0.4, -0.2) is 41.8 Å². The van der Waals surface area contributed by atoms with Gasteiger partial charge in [-0.25, -0.2) is 9.97 Å². The Hall–Kier alpha value is -3.09. The molecule has 2 aromatic heterocycles. The van der Waals surface area contributed by atoms with Gasteiger partial charge in [-0.3, -0.25) is 4.79 Å². The summed E-state index contributed by atoms with van der Waals surface area (Å²) in [6, 6.07) is 9.82. The number of nitrogens with zero attached hydrogens (tertiary/aromatic N) is 6. The maximum absolute atomic E-state index is 13.1. The smallest absolute Gasteiger partial charge is 0.276 e. The van der Waals surface area contributed by atoms with Crippen molar-refractivity contribution in [1.82, 2.24) is 29.9 Å². The predicted octanol–water partition coefficient (Wildman–Crippen LogP) is 1.96. The fourth-order valence-corrected chi connectivity index (χ4v) is 3.91. The van der Waals surface area contributed by atoms with Crippen molar-refractivity contribution in [1.29, 1.82) is 0 Å². The lowest BCUT2D eigenvalue weighted by molar-refractivity contribution is 0.0637. The highest BCUT2D eigenvalue weighted by molar-refractivity contribution is 5.93. The Morgan fingerprint density at radius 1 is 1.12 bits per heavy atom. The van der Waals surface area contributed by atoms with Gasteiger partial charge in [-0.15, -0.1) is 5.10 Å². The lowest BCUT2D eigenvalue weighted by atomic mass is 9.99. The summed E-state index contributed by atoms with van der Waals surface area (Å²) in [5, 5.41) is 8.64. The van der Waals surface area contributed by atoms with Crippen LogP contribution >= 0.6 is 0 Å². The standard InChI is InChI=1S/C18H16N6O/c25-18(16-10-21-24(22-16)12-4-2-1-3-5-12)23-13-6-7-17(23)14-9-19-11-20-15(14)8-13/h1-5,9-11,13,17H,6-8H2. The van der Waals surface area contributed by atoms with Crippen molar-refractivity contribution in [3.05, 3.63) is 66.0 Å². The van der Waals surface area contributed by atoms with Crippen molar-refractivity contribution in [3.8, 4) is 5.69 Å². The van der Waals surface area contributed by atoms with E-state index in [0.717, 1.165) is 36.2 Å². The molecule has 4 heterocycles. The quantitative estimate of drug-likeness (QED) is 0.717. The second-order valence-electron chi connectivity index (χ2n) is 6.44. The van der Waals surface area contributed by atoms with Gasteiger partial charge in [0, 0.05) is 24.2 Å². The molecule has 2 atom stereocenters. The van der Waals surface area contributed by atoms with Gasteiger partial charge in [0.05, 0.1) is 23.6 Å². The van der Waals surface area contributed by atoms with E-state index in [1.165, 1.54) is 4.80 Å². The first-order valence-corrected chi connectivity index (χ1v) is 8.40. The third kappa shape index (κ3) is 2.23. The van der Waals surface area contributed by atoms with Gasteiger partial charge in [0.25, 0.3) is 5.91 Å². The predicted molar refractivity (Wildman–Crippen MR) is 89.0 cm³/mol. The van der Waals surface area contributed by atoms with E-state index in [2.05, 4.69) is 20.2 Å². The van der Waals surface area contributed by atoms with E-state index in [1.807, 2.05) is 41.4 Å². The number of benzene rings is 1. The minimum Gasteiger partial charge on any atom is -0.327 e. The maximum atomic E-state index is 13.1. The molecule has 2 unspecified atom stereocenters. The highest BCUT2D eigenvalue weighted by Crippen LogP contribution is 2.43. The lowest BCUT2D eigenvalue weighted by Crippen LogP contribution is -2.42. The average molecular weight is 332 g/mol.